The first-order chi connectivity index (χ1) is 14.0. The molecule has 6 heteroatoms. The Kier molecular flexibility index (Phi) is 5.45. The standard InChI is InChI=1S/C23H23FN2O3/c1-16(27)26-11-10-17-4-2-3-5-20(17)21(26)14-23(28)25-12-13-29-22(15-25)18-6-8-19(24)9-7-18/h2-11,21-22H,12-15H2,1H3. The number of morpholine rings is 1. The Morgan fingerprint density at radius 1 is 1.14 bits per heavy atom. The topological polar surface area (TPSA) is 49.9 Å². The predicted octanol–water partition coefficient (Wildman–Crippen LogP) is 3.69. The van der Waals surface area contributed by atoms with Gasteiger partial charge >= 0.3 is 0 Å². The fourth-order valence-electron chi connectivity index (χ4n) is 3.96. The van der Waals surface area contributed by atoms with Gasteiger partial charge in [0.2, 0.25) is 11.8 Å². The van der Waals surface area contributed by atoms with Crippen LogP contribution in [0, 0.1) is 5.82 Å². The van der Waals surface area contributed by atoms with Crippen LogP contribution in [0.25, 0.3) is 6.08 Å². The van der Waals surface area contributed by atoms with Crippen LogP contribution in [0.1, 0.15) is 42.2 Å². The molecule has 2 aliphatic rings. The maximum atomic E-state index is 13.2. The molecule has 2 unspecified atom stereocenters. The largest absolute Gasteiger partial charge is 0.370 e. The average molecular weight is 394 g/mol. The average Bonchev–Trinajstić information content (AvgIpc) is 2.74. The predicted molar refractivity (Wildman–Crippen MR) is 107 cm³/mol. The van der Waals surface area contributed by atoms with Crippen molar-refractivity contribution in [3.8, 4) is 0 Å². The number of fused-ring (bicyclic) bond motifs is 1. The smallest absolute Gasteiger partial charge is 0.225 e. The molecule has 2 aromatic rings. The number of halogens is 1. The van der Waals surface area contributed by atoms with E-state index in [0.717, 1.165) is 16.7 Å². The van der Waals surface area contributed by atoms with E-state index in [-0.39, 0.29) is 36.2 Å². The van der Waals surface area contributed by atoms with Crippen LogP contribution in [0.15, 0.2) is 54.7 Å². The molecule has 2 aromatic carbocycles. The first-order valence-electron chi connectivity index (χ1n) is 9.74. The highest BCUT2D eigenvalue weighted by Crippen LogP contribution is 2.34. The van der Waals surface area contributed by atoms with Crippen molar-refractivity contribution in [3.05, 3.63) is 77.2 Å². The van der Waals surface area contributed by atoms with Gasteiger partial charge in [-0.2, -0.15) is 0 Å². The molecule has 2 atom stereocenters. The minimum atomic E-state index is -0.326. The lowest BCUT2D eigenvalue weighted by Gasteiger charge is -2.36. The highest BCUT2D eigenvalue weighted by Gasteiger charge is 2.32. The Balaban J connectivity index is 1.51. The summed E-state index contributed by atoms with van der Waals surface area (Å²) in [5.41, 5.74) is 2.84. The lowest BCUT2D eigenvalue weighted by atomic mass is 9.93. The molecule has 2 amide bonds. The summed E-state index contributed by atoms with van der Waals surface area (Å²) in [6, 6.07) is 13.7. The molecular weight excluding hydrogens is 371 g/mol. The van der Waals surface area contributed by atoms with Crippen molar-refractivity contribution in [2.24, 2.45) is 0 Å². The molecule has 150 valence electrons. The second-order valence-corrected chi connectivity index (χ2v) is 7.34. The molecule has 0 aliphatic carbocycles. The van der Waals surface area contributed by atoms with E-state index in [9.17, 15) is 14.0 Å². The van der Waals surface area contributed by atoms with Gasteiger partial charge < -0.3 is 14.5 Å². The van der Waals surface area contributed by atoms with Crippen LogP contribution in [0.5, 0.6) is 0 Å². The number of carbonyl (C=O) groups is 2. The first-order valence-corrected chi connectivity index (χ1v) is 9.74. The van der Waals surface area contributed by atoms with Crippen LogP contribution in [0.4, 0.5) is 4.39 Å². The molecule has 0 spiro atoms. The van der Waals surface area contributed by atoms with Crippen LogP contribution < -0.4 is 0 Å². The van der Waals surface area contributed by atoms with E-state index in [1.165, 1.54) is 19.1 Å². The Morgan fingerprint density at radius 3 is 2.66 bits per heavy atom. The minimum absolute atomic E-state index is 0.0261. The summed E-state index contributed by atoms with van der Waals surface area (Å²) in [6.07, 6.45) is 3.58. The van der Waals surface area contributed by atoms with Crippen LogP contribution in [-0.2, 0) is 14.3 Å². The third kappa shape index (κ3) is 4.07. The van der Waals surface area contributed by atoms with E-state index in [2.05, 4.69) is 0 Å². The monoisotopic (exact) mass is 394 g/mol. The van der Waals surface area contributed by atoms with Crippen molar-refractivity contribution in [3.63, 3.8) is 0 Å². The van der Waals surface area contributed by atoms with Crippen LogP contribution in [0.2, 0.25) is 0 Å². The van der Waals surface area contributed by atoms with Gasteiger partial charge in [-0.15, -0.1) is 0 Å². The first kappa shape index (κ1) is 19.3. The number of hydrogen-bond acceptors (Lipinski definition) is 3. The molecule has 0 radical (unpaired) electrons. The molecule has 0 aromatic heterocycles. The van der Waals surface area contributed by atoms with Crippen molar-refractivity contribution in [1.82, 2.24) is 9.80 Å². The van der Waals surface area contributed by atoms with E-state index in [1.54, 1.807) is 28.1 Å². The van der Waals surface area contributed by atoms with Crippen LogP contribution in [-0.4, -0.2) is 41.3 Å². The fraction of sp³-hybridized carbons (Fsp3) is 0.304. The number of carbonyl (C=O) groups excluding carboxylic acids is 2. The zero-order valence-electron chi connectivity index (χ0n) is 16.3. The van der Waals surface area contributed by atoms with E-state index < -0.39 is 0 Å². The zero-order valence-corrected chi connectivity index (χ0v) is 16.3. The van der Waals surface area contributed by atoms with Gasteiger partial charge in [0.25, 0.3) is 0 Å². The van der Waals surface area contributed by atoms with Crippen molar-refractivity contribution in [1.29, 1.82) is 0 Å². The van der Waals surface area contributed by atoms with Gasteiger partial charge in [-0.05, 0) is 34.9 Å². The third-order valence-corrected chi connectivity index (χ3v) is 5.50. The molecule has 2 aliphatic heterocycles. The van der Waals surface area contributed by atoms with Crippen molar-refractivity contribution in [2.45, 2.75) is 25.5 Å². The zero-order chi connectivity index (χ0) is 20.4. The Hall–Kier alpha value is -2.99. The normalized spacial score (nSPS) is 21.0. The number of hydrogen-bond donors (Lipinski definition) is 0. The summed E-state index contributed by atoms with van der Waals surface area (Å²) in [7, 11) is 0. The summed E-state index contributed by atoms with van der Waals surface area (Å²) >= 11 is 0. The lowest BCUT2D eigenvalue weighted by Crippen LogP contribution is -2.44. The Morgan fingerprint density at radius 2 is 1.90 bits per heavy atom. The maximum Gasteiger partial charge on any atom is 0.225 e. The van der Waals surface area contributed by atoms with Crippen molar-refractivity contribution < 1.29 is 18.7 Å². The van der Waals surface area contributed by atoms with Gasteiger partial charge in [-0.1, -0.05) is 36.4 Å². The highest BCUT2D eigenvalue weighted by molar-refractivity contribution is 5.82. The number of rotatable bonds is 3. The summed E-state index contributed by atoms with van der Waals surface area (Å²) in [4.78, 5) is 28.7. The Labute approximate surface area is 169 Å². The third-order valence-electron chi connectivity index (χ3n) is 5.50. The molecule has 0 N–H and O–H groups in total. The second-order valence-electron chi connectivity index (χ2n) is 7.34. The summed E-state index contributed by atoms with van der Waals surface area (Å²) in [6.45, 7) is 2.84. The van der Waals surface area contributed by atoms with Gasteiger partial charge in [0.1, 0.15) is 11.9 Å². The summed E-state index contributed by atoms with van der Waals surface area (Å²) < 4.78 is 19.0. The molecule has 29 heavy (non-hydrogen) atoms. The molecular formula is C23H23FN2O3. The highest BCUT2D eigenvalue weighted by atomic mass is 19.1. The molecule has 2 heterocycles. The molecule has 0 saturated carbocycles. The van der Waals surface area contributed by atoms with E-state index in [1.807, 2.05) is 30.3 Å². The summed E-state index contributed by atoms with van der Waals surface area (Å²) in [5.74, 6) is -0.424. The quantitative estimate of drug-likeness (QED) is 0.798. The van der Waals surface area contributed by atoms with Crippen LogP contribution in [0.3, 0.4) is 0 Å². The van der Waals surface area contributed by atoms with Gasteiger partial charge in [0.15, 0.2) is 0 Å². The van der Waals surface area contributed by atoms with Gasteiger partial charge in [-0.25, -0.2) is 4.39 Å². The van der Waals surface area contributed by atoms with Gasteiger partial charge in [0, 0.05) is 19.7 Å². The molecule has 0 bridgehead atoms. The molecule has 1 fully saturated rings. The van der Waals surface area contributed by atoms with Gasteiger partial charge in [-0.3, -0.25) is 9.59 Å². The fourth-order valence-corrected chi connectivity index (χ4v) is 3.96. The minimum Gasteiger partial charge on any atom is -0.370 e. The SMILES string of the molecule is CC(=O)N1C=Cc2ccccc2C1CC(=O)N1CCOC(c2ccc(F)cc2)C1. The second kappa shape index (κ2) is 8.17. The number of amides is 2. The van der Waals surface area contributed by atoms with E-state index in [4.69, 9.17) is 4.74 Å². The van der Waals surface area contributed by atoms with Crippen molar-refractivity contribution >= 4 is 17.9 Å². The van der Waals surface area contributed by atoms with Crippen LogP contribution >= 0.6 is 0 Å². The lowest BCUT2D eigenvalue weighted by molar-refractivity contribution is -0.141. The molecule has 5 nitrogen and oxygen atoms in total. The van der Waals surface area contributed by atoms with Crippen molar-refractivity contribution in [2.75, 3.05) is 19.7 Å². The van der Waals surface area contributed by atoms with Gasteiger partial charge in [0.05, 0.1) is 25.6 Å². The maximum absolute atomic E-state index is 13.2. The molecule has 4 rings (SSSR count). The van der Waals surface area contributed by atoms with E-state index >= 15 is 0 Å². The summed E-state index contributed by atoms with van der Waals surface area (Å²) in [5, 5.41) is 0. The number of nitrogens with zero attached hydrogens (tertiary/aromatic N) is 2. The number of benzene rings is 2. The van der Waals surface area contributed by atoms with E-state index in [0.29, 0.717) is 19.7 Å². The number of ether oxygens (including phenoxy) is 1. The molecule has 1 saturated heterocycles. The Bertz CT molecular complexity index is 941.